The summed E-state index contributed by atoms with van der Waals surface area (Å²) in [7, 11) is 7.39. The van der Waals surface area contributed by atoms with Gasteiger partial charge >= 0.3 is 0 Å². The van der Waals surface area contributed by atoms with Gasteiger partial charge in [0.25, 0.3) is 0 Å². The molecular weight excluding hydrogens is 306 g/mol. The van der Waals surface area contributed by atoms with Crippen molar-refractivity contribution < 1.29 is 9.47 Å². The fourth-order valence-corrected chi connectivity index (χ4v) is 2.18. The van der Waals surface area contributed by atoms with E-state index in [1.165, 1.54) is 6.33 Å². The summed E-state index contributed by atoms with van der Waals surface area (Å²) in [5.74, 6) is 2.93. The van der Waals surface area contributed by atoms with Gasteiger partial charge in [0.05, 0.1) is 19.9 Å². The highest BCUT2D eigenvalue weighted by molar-refractivity contribution is 5.67. The van der Waals surface area contributed by atoms with Crippen LogP contribution in [-0.4, -0.2) is 56.3 Å². The maximum absolute atomic E-state index is 5.37. The van der Waals surface area contributed by atoms with Gasteiger partial charge in [-0.2, -0.15) is 0 Å². The Labute approximate surface area is 143 Å². The van der Waals surface area contributed by atoms with E-state index in [2.05, 4.69) is 39.6 Å². The lowest BCUT2D eigenvalue weighted by Gasteiger charge is -2.13. The second-order valence-corrected chi connectivity index (χ2v) is 5.56. The Morgan fingerprint density at radius 3 is 2.54 bits per heavy atom. The molecule has 0 aliphatic rings. The Kier molecular flexibility index (Phi) is 6.62. The summed E-state index contributed by atoms with van der Waals surface area (Å²) in [5.41, 5.74) is 0.786. The molecule has 0 bridgehead atoms. The van der Waals surface area contributed by atoms with E-state index in [9.17, 15) is 0 Å². The highest BCUT2D eigenvalue weighted by Crippen LogP contribution is 2.31. The van der Waals surface area contributed by atoms with Gasteiger partial charge in [-0.05, 0) is 39.2 Å². The normalized spacial score (nSPS) is 10.5. The molecule has 24 heavy (non-hydrogen) atoms. The van der Waals surface area contributed by atoms with Gasteiger partial charge in [-0.15, -0.1) is 0 Å². The number of hydrogen-bond donors (Lipinski definition) is 2. The Balaban J connectivity index is 2.04. The van der Waals surface area contributed by atoms with Crippen molar-refractivity contribution in [2.24, 2.45) is 0 Å². The van der Waals surface area contributed by atoms with E-state index in [4.69, 9.17) is 9.47 Å². The van der Waals surface area contributed by atoms with Crippen LogP contribution in [0.5, 0.6) is 11.5 Å². The lowest BCUT2D eigenvalue weighted by atomic mass is 10.2. The summed E-state index contributed by atoms with van der Waals surface area (Å²) in [5, 5.41) is 6.55. The molecule has 130 valence electrons. The summed E-state index contributed by atoms with van der Waals surface area (Å²) in [6.07, 6.45) is 2.58. The summed E-state index contributed by atoms with van der Waals surface area (Å²) < 4.78 is 10.6. The molecule has 2 N–H and O–H groups in total. The number of anilines is 3. The first-order valence-corrected chi connectivity index (χ1v) is 7.82. The topological polar surface area (TPSA) is 71.5 Å². The molecule has 0 unspecified atom stereocenters. The second-order valence-electron chi connectivity index (χ2n) is 5.56. The Morgan fingerprint density at radius 1 is 1.04 bits per heavy atom. The molecule has 2 aromatic rings. The summed E-state index contributed by atoms with van der Waals surface area (Å²) in [6, 6.07) is 7.43. The molecule has 7 nitrogen and oxygen atoms in total. The molecule has 0 aliphatic heterocycles. The highest BCUT2D eigenvalue weighted by atomic mass is 16.5. The predicted octanol–water partition coefficient (Wildman–Crippen LogP) is 2.60. The number of methoxy groups -OCH3 is 2. The molecule has 1 aromatic heterocycles. The molecule has 0 radical (unpaired) electrons. The van der Waals surface area contributed by atoms with E-state index in [1.54, 1.807) is 14.2 Å². The van der Waals surface area contributed by atoms with E-state index < -0.39 is 0 Å². The lowest BCUT2D eigenvalue weighted by Crippen LogP contribution is -2.16. The van der Waals surface area contributed by atoms with E-state index in [-0.39, 0.29) is 0 Å². The zero-order valence-electron chi connectivity index (χ0n) is 14.7. The summed E-state index contributed by atoms with van der Waals surface area (Å²) >= 11 is 0. The molecule has 0 fully saturated rings. The smallest absolute Gasteiger partial charge is 0.142 e. The van der Waals surface area contributed by atoms with Crippen LogP contribution >= 0.6 is 0 Å². The number of aromatic nitrogens is 2. The molecule has 1 heterocycles. The van der Waals surface area contributed by atoms with Crippen LogP contribution in [0.15, 0.2) is 30.6 Å². The van der Waals surface area contributed by atoms with Gasteiger partial charge in [0.15, 0.2) is 0 Å². The fraction of sp³-hybridized carbons (Fsp3) is 0.412. The number of nitrogens with one attached hydrogen (secondary N) is 2. The molecule has 0 amide bonds. The molecular formula is C17H25N5O2. The van der Waals surface area contributed by atoms with Gasteiger partial charge in [0, 0.05) is 18.7 Å². The Bertz CT molecular complexity index is 649. The van der Waals surface area contributed by atoms with Gasteiger partial charge in [-0.25, -0.2) is 9.97 Å². The van der Waals surface area contributed by atoms with E-state index >= 15 is 0 Å². The monoisotopic (exact) mass is 331 g/mol. The van der Waals surface area contributed by atoms with Gasteiger partial charge in [0.1, 0.15) is 29.5 Å². The standard InChI is InChI=1S/C17H25N5O2/c1-22(2)9-5-8-18-16-11-17(20-12-19-16)21-14-10-13(23-3)6-7-15(14)24-4/h6-7,10-12H,5,8-9H2,1-4H3,(H2,18,19,20,21). The van der Waals surface area contributed by atoms with Gasteiger partial charge in [-0.1, -0.05) is 0 Å². The van der Waals surface area contributed by atoms with Crippen LogP contribution in [0.4, 0.5) is 17.3 Å². The first-order chi connectivity index (χ1) is 11.6. The minimum absolute atomic E-state index is 0.687. The molecule has 0 aliphatic carbocycles. The lowest BCUT2D eigenvalue weighted by molar-refractivity contribution is 0.405. The first-order valence-electron chi connectivity index (χ1n) is 7.82. The summed E-state index contributed by atoms with van der Waals surface area (Å²) in [6.45, 7) is 1.89. The van der Waals surface area contributed by atoms with E-state index in [0.717, 1.165) is 42.5 Å². The third-order valence-corrected chi connectivity index (χ3v) is 3.42. The summed E-state index contributed by atoms with van der Waals surface area (Å²) in [4.78, 5) is 10.7. The van der Waals surface area contributed by atoms with E-state index in [0.29, 0.717) is 5.82 Å². The Morgan fingerprint density at radius 2 is 1.83 bits per heavy atom. The third kappa shape index (κ3) is 5.27. The van der Waals surface area contributed by atoms with Crippen molar-refractivity contribution in [2.75, 3.05) is 52.0 Å². The van der Waals surface area contributed by atoms with Crippen LogP contribution in [-0.2, 0) is 0 Å². The number of rotatable bonds is 9. The Hall–Kier alpha value is -2.54. The SMILES string of the molecule is COc1ccc(OC)c(Nc2cc(NCCCN(C)C)ncn2)c1. The molecule has 0 spiro atoms. The molecule has 2 rings (SSSR count). The van der Waals surface area contributed by atoms with Crippen molar-refractivity contribution in [2.45, 2.75) is 6.42 Å². The maximum Gasteiger partial charge on any atom is 0.142 e. The predicted molar refractivity (Wildman–Crippen MR) is 96.5 cm³/mol. The average molecular weight is 331 g/mol. The zero-order chi connectivity index (χ0) is 17.4. The van der Waals surface area contributed by atoms with Crippen molar-refractivity contribution in [3.8, 4) is 11.5 Å². The quantitative estimate of drug-likeness (QED) is 0.684. The fourth-order valence-electron chi connectivity index (χ4n) is 2.18. The minimum Gasteiger partial charge on any atom is -0.497 e. The largest absolute Gasteiger partial charge is 0.497 e. The number of ether oxygens (including phenoxy) is 2. The third-order valence-electron chi connectivity index (χ3n) is 3.42. The van der Waals surface area contributed by atoms with Crippen LogP contribution in [0, 0.1) is 0 Å². The molecule has 0 saturated heterocycles. The van der Waals surface area contributed by atoms with Crippen molar-refractivity contribution in [1.29, 1.82) is 0 Å². The van der Waals surface area contributed by atoms with E-state index in [1.807, 2.05) is 24.3 Å². The van der Waals surface area contributed by atoms with Gasteiger partial charge in [0.2, 0.25) is 0 Å². The highest BCUT2D eigenvalue weighted by Gasteiger charge is 2.07. The number of nitrogens with zero attached hydrogens (tertiary/aromatic N) is 3. The second kappa shape index (κ2) is 8.93. The van der Waals surface area contributed by atoms with Crippen molar-refractivity contribution in [3.05, 3.63) is 30.6 Å². The van der Waals surface area contributed by atoms with Crippen LogP contribution in [0.1, 0.15) is 6.42 Å². The zero-order valence-corrected chi connectivity index (χ0v) is 14.7. The van der Waals surface area contributed by atoms with Crippen LogP contribution in [0.25, 0.3) is 0 Å². The van der Waals surface area contributed by atoms with Crippen LogP contribution in [0.2, 0.25) is 0 Å². The van der Waals surface area contributed by atoms with Crippen molar-refractivity contribution >= 4 is 17.3 Å². The minimum atomic E-state index is 0.687. The maximum atomic E-state index is 5.37. The van der Waals surface area contributed by atoms with Crippen LogP contribution in [0.3, 0.4) is 0 Å². The van der Waals surface area contributed by atoms with Gasteiger partial charge < -0.3 is 25.0 Å². The average Bonchev–Trinajstić information content (AvgIpc) is 2.59. The molecule has 1 aromatic carbocycles. The van der Waals surface area contributed by atoms with Crippen molar-refractivity contribution in [1.82, 2.24) is 14.9 Å². The molecule has 0 atom stereocenters. The van der Waals surface area contributed by atoms with Gasteiger partial charge in [-0.3, -0.25) is 0 Å². The first kappa shape index (κ1) is 17.8. The number of hydrogen-bond acceptors (Lipinski definition) is 7. The van der Waals surface area contributed by atoms with Crippen LogP contribution < -0.4 is 20.1 Å². The van der Waals surface area contributed by atoms with Crippen molar-refractivity contribution in [3.63, 3.8) is 0 Å². The molecule has 7 heteroatoms. The molecule has 0 saturated carbocycles. The number of benzene rings is 1.